The van der Waals surface area contributed by atoms with Crippen LogP contribution in [0.2, 0.25) is 0 Å². The van der Waals surface area contributed by atoms with Crippen LogP contribution in [0, 0.1) is 6.92 Å². The average Bonchev–Trinajstić information content (AvgIpc) is 3.35. The molecule has 3 heterocycles. The van der Waals surface area contributed by atoms with Gasteiger partial charge in [-0.1, -0.05) is 24.3 Å². The molecule has 0 radical (unpaired) electrons. The molecule has 0 amide bonds. The van der Waals surface area contributed by atoms with Gasteiger partial charge in [0.05, 0.1) is 18.3 Å². The molecule has 5 aromatic rings. The number of rotatable bonds is 6. The number of hydrogen-bond acceptors (Lipinski definition) is 3. The van der Waals surface area contributed by atoms with Crippen molar-refractivity contribution in [2.24, 2.45) is 0 Å². The largest absolute Gasteiger partial charge is 0.492 e. The van der Waals surface area contributed by atoms with Gasteiger partial charge >= 0.3 is 0 Å². The molecule has 0 atom stereocenters. The molecule has 0 bridgehead atoms. The van der Waals surface area contributed by atoms with Gasteiger partial charge in [0.15, 0.2) is 0 Å². The number of para-hydroxylation sites is 1. The number of fused-ring (bicyclic) bond motifs is 2. The fraction of sp³-hybridized carbons (Fsp3) is 0.167. The van der Waals surface area contributed by atoms with Crippen LogP contribution in [0.15, 0.2) is 67.1 Å². The maximum atomic E-state index is 5.98. The van der Waals surface area contributed by atoms with Crippen LogP contribution in [-0.2, 0) is 6.42 Å². The highest BCUT2D eigenvalue weighted by Crippen LogP contribution is 2.27. The predicted octanol–water partition coefficient (Wildman–Crippen LogP) is 5.43. The minimum atomic E-state index is 0.657. The number of aromatic amines is 2. The second-order valence-electron chi connectivity index (χ2n) is 7.30. The molecule has 0 unspecified atom stereocenters. The summed E-state index contributed by atoms with van der Waals surface area (Å²) in [4.78, 5) is 7.70. The van der Waals surface area contributed by atoms with Crippen molar-refractivity contribution in [2.75, 3.05) is 6.61 Å². The van der Waals surface area contributed by atoms with Gasteiger partial charge in [0.25, 0.3) is 0 Å². The molecule has 0 fully saturated rings. The van der Waals surface area contributed by atoms with E-state index in [0.29, 0.717) is 6.61 Å². The first-order valence-corrected chi connectivity index (χ1v) is 9.86. The second kappa shape index (κ2) is 7.43. The van der Waals surface area contributed by atoms with Crippen molar-refractivity contribution in [3.05, 3.63) is 78.4 Å². The lowest BCUT2D eigenvalue weighted by Crippen LogP contribution is -1.99. The minimum Gasteiger partial charge on any atom is -0.492 e. The Morgan fingerprint density at radius 3 is 2.86 bits per heavy atom. The SMILES string of the molecule is Cc1[nH]nc2ccc(-c3cncc(OCCCc4c[nH]c5ccccc45)c3)cc12. The number of ether oxygens (including phenoxy) is 1. The smallest absolute Gasteiger partial charge is 0.138 e. The molecule has 0 aliphatic heterocycles. The Bertz CT molecular complexity index is 1280. The quantitative estimate of drug-likeness (QED) is 0.385. The molecule has 5 rings (SSSR count). The first-order chi connectivity index (χ1) is 14.3. The standard InChI is InChI=1S/C24H22N4O/c1-16-22-12-17(8-9-24(22)28-27-16)19-11-20(15-25-13-19)29-10-4-5-18-14-26-23-7-3-2-6-21(18)23/h2-3,6-9,11-15,26H,4-5,10H2,1H3,(H,27,28). The molecule has 3 aromatic heterocycles. The number of aryl methyl sites for hydroxylation is 2. The summed E-state index contributed by atoms with van der Waals surface area (Å²) in [5, 5.41) is 9.75. The predicted molar refractivity (Wildman–Crippen MR) is 116 cm³/mol. The van der Waals surface area contributed by atoms with Gasteiger partial charge in [-0.05, 0) is 55.2 Å². The summed E-state index contributed by atoms with van der Waals surface area (Å²) in [7, 11) is 0. The molecule has 0 saturated carbocycles. The monoisotopic (exact) mass is 382 g/mol. The number of benzene rings is 2. The van der Waals surface area contributed by atoms with E-state index in [4.69, 9.17) is 4.74 Å². The number of nitrogens with one attached hydrogen (secondary N) is 2. The maximum absolute atomic E-state index is 5.98. The summed E-state index contributed by atoms with van der Waals surface area (Å²) in [6.45, 7) is 2.69. The van der Waals surface area contributed by atoms with Gasteiger partial charge in [0.2, 0.25) is 0 Å². The number of hydrogen-bond donors (Lipinski definition) is 2. The van der Waals surface area contributed by atoms with Gasteiger partial charge in [-0.3, -0.25) is 10.1 Å². The lowest BCUT2D eigenvalue weighted by molar-refractivity contribution is 0.310. The Morgan fingerprint density at radius 1 is 0.966 bits per heavy atom. The van der Waals surface area contributed by atoms with E-state index < -0.39 is 0 Å². The number of pyridine rings is 1. The van der Waals surface area contributed by atoms with Crippen LogP contribution in [0.1, 0.15) is 17.7 Å². The van der Waals surface area contributed by atoms with Crippen molar-refractivity contribution in [3.8, 4) is 16.9 Å². The van der Waals surface area contributed by atoms with Gasteiger partial charge in [-0.15, -0.1) is 0 Å². The van der Waals surface area contributed by atoms with Crippen molar-refractivity contribution >= 4 is 21.8 Å². The van der Waals surface area contributed by atoms with Gasteiger partial charge in [0.1, 0.15) is 5.75 Å². The summed E-state index contributed by atoms with van der Waals surface area (Å²) in [6.07, 6.45) is 7.67. The first kappa shape index (κ1) is 17.5. The molecule has 144 valence electrons. The maximum Gasteiger partial charge on any atom is 0.138 e. The van der Waals surface area contributed by atoms with E-state index in [9.17, 15) is 0 Å². The Hall–Kier alpha value is -3.60. The van der Waals surface area contributed by atoms with Crippen molar-refractivity contribution in [3.63, 3.8) is 0 Å². The number of nitrogens with zero attached hydrogens (tertiary/aromatic N) is 2. The van der Waals surface area contributed by atoms with Crippen LogP contribution in [0.5, 0.6) is 5.75 Å². The molecule has 0 saturated heterocycles. The highest BCUT2D eigenvalue weighted by atomic mass is 16.5. The number of aromatic nitrogens is 4. The molecule has 29 heavy (non-hydrogen) atoms. The van der Waals surface area contributed by atoms with E-state index in [1.54, 1.807) is 6.20 Å². The lowest BCUT2D eigenvalue weighted by atomic mass is 10.0. The molecular formula is C24H22N4O. The van der Waals surface area contributed by atoms with Crippen LogP contribution in [0.25, 0.3) is 32.9 Å². The molecule has 2 N–H and O–H groups in total. The van der Waals surface area contributed by atoms with Crippen molar-refractivity contribution in [2.45, 2.75) is 19.8 Å². The highest BCUT2D eigenvalue weighted by Gasteiger charge is 2.07. The fourth-order valence-electron chi connectivity index (χ4n) is 3.76. The van der Waals surface area contributed by atoms with E-state index in [1.165, 1.54) is 16.5 Å². The molecule has 0 aliphatic rings. The third-order valence-corrected chi connectivity index (χ3v) is 5.33. The average molecular weight is 382 g/mol. The lowest BCUT2D eigenvalue weighted by Gasteiger charge is -2.08. The Balaban J connectivity index is 1.25. The van der Waals surface area contributed by atoms with Crippen molar-refractivity contribution in [1.29, 1.82) is 0 Å². The third kappa shape index (κ3) is 3.47. The molecule has 5 nitrogen and oxygen atoms in total. The van der Waals surface area contributed by atoms with E-state index >= 15 is 0 Å². The van der Waals surface area contributed by atoms with Crippen LogP contribution in [-0.4, -0.2) is 26.8 Å². The topological polar surface area (TPSA) is 66.6 Å². The molecular weight excluding hydrogens is 360 g/mol. The molecule has 0 spiro atoms. The van der Waals surface area contributed by atoms with E-state index in [0.717, 1.165) is 46.3 Å². The molecule has 5 heteroatoms. The Kier molecular flexibility index (Phi) is 4.48. The summed E-state index contributed by atoms with van der Waals surface area (Å²) in [6, 6.07) is 16.7. The van der Waals surface area contributed by atoms with Gasteiger partial charge in [-0.2, -0.15) is 5.10 Å². The van der Waals surface area contributed by atoms with Crippen LogP contribution in [0.4, 0.5) is 0 Å². The van der Waals surface area contributed by atoms with Gasteiger partial charge in [-0.25, -0.2) is 0 Å². The summed E-state index contributed by atoms with van der Waals surface area (Å²) >= 11 is 0. The second-order valence-corrected chi connectivity index (χ2v) is 7.30. The molecule has 0 aliphatic carbocycles. The van der Waals surface area contributed by atoms with Gasteiger partial charge in [0, 0.05) is 39.9 Å². The van der Waals surface area contributed by atoms with Crippen molar-refractivity contribution in [1.82, 2.24) is 20.2 Å². The van der Waals surface area contributed by atoms with Crippen LogP contribution in [0.3, 0.4) is 0 Å². The van der Waals surface area contributed by atoms with Crippen molar-refractivity contribution < 1.29 is 4.74 Å². The molecule has 2 aromatic carbocycles. The fourth-order valence-corrected chi connectivity index (χ4v) is 3.76. The minimum absolute atomic E-state index is 0.657. The highest BCUT2D eigenvalue weighted by molar-refractivity contribution is 5.86. The third-order valence-electron chi connectivity index (χ3n) is 5.33. The normalized spacial score (nSPS) is 11.3. The van der Waals surface area contributed by atoms with E-state index in [-0.39, 0.29) is 0 Å². The Morgan fingerprint density at radius 2 is 1.90 bits per heavy atom. The summed E-state index contributed by atoms with van der Waals surface area (Å²) in [5.74, 6) is 0.797. The van der Waals surface area contributed by atoms with Crippen LogP contribution >= 0.6 is 0 Å². The van der Waals surface area contributed by atoms with Crippen LogP contribution < -0.4 is 4.74 Å². The zero-order valence-corrected chi connectivity index (χ0v) is 16.3. The first-order valence-electron chi connectivity index (χ1n) is 9.86. The summed E-state index contributed by atoms with van der Waals surface area (Å²) in [5.41, 5.74) is 6.72. The van der Waals surface area contributed by atoms with Gasteiger partial charge < -0.3 is 9.72 Å². The zero-order valence-electron chi connectivity index (χ0n) is 16.3. The summed E-state index contributed by atoms with van der Waals surface area (Å²) < 4.78 is 5.98. The number of H-pyrrole nitrogens is 2. The van der Waals surface area contributed by atoms with E-state index in [2.05, 4.69) is 68.8 Å². The zero-order chi connectivity index (χ0) is 19.6. The Labute approximate surface area is 168 Å². The van der Waals surface area contributed by atoms with E-state index in [1.807, 2.05) is 19.2 Å².